The van der Waals surface area contributed by atoms with Crippen molar-refractivity contribution in [2.24, 2.45) is 0 Å². The molecule has 2 aromatic carbocycles. The van der Waals surface area contributed by atoms with E-state index >= 15 is 0 Å². The first-order chi connectivity index (χ1) is 11.9. The van der Waals surface area contributed by atoms with Gasteiger partial charge in [0.2, 0.25) is 0 Å². The van der Waals surface area contributed by atoms with E-state index in [9.17, 15) is 5.26 Å². The fourth-order valence-corrected chi connectivity index (χ4v) is 5.57. The number of aromatic amines is 1. The Labute approximate surface area is 147 Å². The maximum atomic E-state index is 9.29. The molecule has 25 heavy (non-hydrogen) atoms. The number of aromatic nitrogens is 2. The van der Waals surface area contributed by atoms with Crippen LogP contribution in [0.3, 0.4) is 0 Å². The van der Waals surface area contributed by atoms with Crippen molar-refractivity contribution in [1.82, 2.24) is 9.97 Å². The minimum absolute atomic E-state index is 0.667. The van der Waals surface area contributed by atoms with E-state index in [2.05, 4.69) is 36.8 Å². The SMILES string of the molecule is COc1ccc2nc3[nH]c4ccc(C#N)cc4c3c([Si](C)(C)C)c2c1. The molecule has 2 aromatic heterocycles. The van der Waals surface area contributed by atoms with Gasteiger partial charge in [-0.25, -0.2) is 4.98 Å². The van der Waals surface area contributed by atoms with Crippen LogP contribution in [0.5, 0.6) is 5.75 Å². The Morgan fingerprint density at radius 3 is 2.56 bits per heavy atom. The standard InChI is InChI=1S/C20H19N3OSi/c1-24-13-6-8-17-15(10-13)19(25(2,3)4)18-14-9-12(11-21)5-7-16(14)22-20(18)23-17/h5-10H,1-4H3,(H,22,23). The van der Waals surface area contributed by atoms with Crippen molar-refractivity contribution in [3.05, 3.63) is 42.0 Å². The van der Waals surface area contributed by atoms with Gasteiger partial charge in [-0.2, -0.15) is 5.26 Å². The van der Waals surface area contributed by atoms with Crippen LogP contribution in [0.4, 0.5) is 0 Å². The Balaban J connectivity index is 2.27. The molecule has 4 rings (SSSR count). The van der Waals surface area contributed by atoms with Gasteiger partial charge < -0.3 is 9.72 Å². The summed E-state index contributed by atoms with van der Waals surface area (Å²) in [4.78, 5) is 8.28. The van der Waals surface area contributed by atoms with Crippen LogP contribution in [0.1, 0.15) is 5.56 Å². The van der Waals surface area contributed by atoms with Crippen LogP contribution in [0.25, 0.3) is 32.8 Å². The molecule has 0 radical (unpaired) electrons. The Kier molecular flexibility index (Phi) is 3.34. The number of methoxy groups -OCH3 is 1. The molecule has 0 unspecified atom stereocenters. The summed E-state index contributed by atoms with van der Waals surface area (Å²) in [6, 6.07) is 14.1. The number of hydrogen-bond acceptors (Lipinski definition) is 3. The summed E-state index contributed by atoms with van der Waals surface area (Å²) in [7, 11) is -0.0182. The lowest BCUT2D eigenvalue weighted by Gasteiger charge is -2.21. The van der Waals surface area contributed by atoms with Crippen LogP contribution >= 0.6 is 0 Å². The number of fused-ring (bicyclic) bond motifs is 4. The highest BCUT2D eigenvalue weighted by atomic mass is 28.3. The van der Waals surface area contributed by atoms with Gasteiger partial charge >= 0.3 is 0 Å². The average molecular weight is 345 g/mol. The quantitative estimate of drug-likeness (QED) is 0.551. The van der Waals surface area contributed by atoms with Crippen molar-refractivity contribution >= 4 is 46.1 Å². The lowest BCUT2D eigenvalue weighted by molar-refractivity contribution is 0.415. The summed E-state index contributed by atoms with van der Waals surface area (Å²) in [6.07, 6.45) is 0. The Morgan fingerprint density at radius 2 is 1.88 bits per heavy atom. The van der Waals surface area contributed by atoms with Crippen LogP contribution in [-0.2, 0) is 0 Å². The van der Waals surface area contributed by atoms with E-state index in [1.165, 1.54) is 5.19 Å². The average Bonchev–Trinajstić information content (AvgIpc) is 2.94. The van der Waals surface area contributed by atoms with E-state index in [1.807, 2.05) is 30.3 Å². The van der Waals surface area contributed by atoms with E-state index in [0.29, 0.717) is 5.56 Å². The fourth-order valence-electron chi connectivity index (χ4n) is 3.56. The van der Waals surface area contributed by atoms with Crippen molar-refractivity contribution in [3.63, 3.8) is 0 Å². The molecule has 4 aromatic rings. The van der Waals surface area contributed by atoms with Crippen molar-refractivity contribution in [3.8, 4) is 11.8 Å². The van der Waals surface area contributed by atoms with Crippen LogP contribution in [0.15, 0.2) is 36.4 Å². The Bertz CT molecular complexity index is 1180. The molecular formula is C20H19N3OSi. The van der Waals surface area contributed by atoms with Crippen molar-refractivity contribution in [2.75, 3.05) is 7.11 Å². The number of hydrogen-bond donors (Lipinski definition) is 1. The van der Waals surface area contributed by atoms with Gasteiger partial charge in [-0.05, 0) is 41.6 Å². The summed E-state index contributed by atoms with van der Waals surface area (Å²) in [5, 5.41) is 14.0. The second kappa shape index (κ2) is 5.33. The zero-order valence-electron chi connectivity index (χ0n) is 14.8. The largest absolute Gasteiger partial charge is 0.497 e. The van der Waals surface area contributed by atoms with Crippen LogP contribution in [0, 0.1) is 11.3 Å². The van der Waals surface area contributed by atoms with Gasteiger partial charge in [0, 0.05) is 21.7 Å². The van der Waals surface area contributed by atoms with Crippen LogP contribution < -0.4 is 9.92 Å². The monoisotopic (exact) mass is 345 g/mol. The highest BCUT2D eigenvalue weighted by molar-refractivity contribution is 6.92. The fraction of sp³-hybridized carbons (Fsp3) is 0.200. The third-order valence-electron chi connectivity index (χ3n) is 4.61. The van der Waals surface area contributed by atoms with E-state index in [-0.39, 0.29) is 0 Å². The summed E-state index contributed by atoms with van der Waals surface area (Å²) in [5.41, 5.74) is 3.54. The predicted molar refractivity (Wildman–Crippen MR) is 105 cm³/mol. The van der Waals surface area contributed by atoms with Gasteiger partial charge in [-0.3, -0.25) is 0 Å². The first-order valence-electron chi connectivity index (χ1n) is 8.26. The summed E-state index contributed by atoms with van der Waals surface area (Å²) in [5.74, 6) is 0.839. The molecule has 5 heteroatoms. The Hall–Kier alpha value is -2.84. The molecule has 4 nitrogen and oxygen atoms in total. The number of nitriles is 1. The minimum atomic E-state index is -1.70. The Morgan fingerprint density at radius 1 is 1.08 bits per heavy atom. The molecule has 1 N–H and O–H groups in total. The van der Waals surface area contributed by atoms with Crippen molar-refractivity contribution < 1.29 is 4.74 Å². The molecule has 2 heterocycles. The summed E-state index contributed by atoms with van der Waals surface area (Å²) >= 11 is 0. The minimum Gasteiger partial charge on any atom is -0.497 e. The topological polar surface area (TPSA) is 61.7 Å². The van der Waals surface area contributed by atoms with Gasteiger partial charge in [0.05, 0.1) is 32.3 Å². The molecule has 0 spiro atoms. The molecule has 0 aliphatic rings. The van der Waals surface area contributed by atoms with E-state index in [0.717, 1.165) is 38.6 Å². The van der Waals surface area contributed by atoms with Gasteiger partial charge in [0.25, 0.3) is 0 Å². The molecule has 124 valence electrons. The van der Waals surface area contributed by atoms with E-state index < -0.39 is 8.07 Å². The second-order valence-corrected chi connectivity index (χ2v) is 12.3. The number of pyridine rings is 1. The van der Waals surface area contributed by atoms with Gasteiger partial charge in [0.15, 0.2) is 0 Å². The second-order valence-electron chi connectivity index (χ2n) is 7.34. The molecule has 0 saturated carbocycles. The molecule has 0 amide bonds. The molecule has 0 bridgehead atoms. The highest BCUT2D eigenvalue weighted by Crippen LogP contribution is 2.30. The van der Waals surface area contributed by atoms with Crippen LogP contribution in [0.2, 0.25) is 19.6 Å². The molecule has 0 aliphatic carbocycles. The van der Waals surface area contributed by atoms with Gasteiger partial charge in [-0.15, -0.1) is 0 Å². The zero-order chi connectivity index (χ0) is 17.8. The van der Waals surface area contributed by atoms with Gasteiger partial charge in [0.1, 0.15) is 11.4 Å². The van der Waals surface area contributed by atoms with Crippen molar-refractivity contribution in [1.29, 1.82) is 5.26 Å². The predicted octanol–water partition coefficient (Wildman–Crippen LogP) is 4.29. The summed E-state index contributed by atoms with van der Waals surface area (Å²) < 4.78 is 5.44. The molecule has 0 aliphatic heterocycles. The highest BCUT2D eigenvalue weighted by Gasteiger charge is 2.25. The lowest BCUT2D eigenvalue weighted by Crippen LogP contribution is -2.39. The maximum Gasteiger partial charge on any atom is 0.138 e. The first-order valence-corrected chi connectivity index (χ1v) is 11.8. The number of benzene rings is 2. The molecule has 0 saturated heterocycles. The zero-order valence-corrected chi connectivity index (χ0v) is 15.8. The molecule has 0 atom stereocenters. The number of nitrogens with zero attached hydrogens (tertiary/aromatic N) is 2. The number of nitrogens with one attached hydrogen (secondary N) is 1. The number of rotatable bonds is 2. The maximum absolute atomic E-state index is 9.29. The van der Waals surface area contributed by atoms with Crippen molar-refractivity contribution in [2.45, 2.75) is 19.6 Å². The van der Waals surface area contributed by atoms with E-state index in [4.69, 9.17) is 9.72 Å². The normalized spacial score (nSPS) is 12.0. The smallest absolute Gasteiger partial charge is 0.138 e. The molecular weight excluding hydrogens is 326 g/mol. The number of H-pyrrole nitrogens is 1. The van der Waals surface area contributed by atoms with Crippen LogP contribution in [-0.4, -0.2) is 25.2 Å². The van der Waals surface area contributed by atoms with Gasteiger partial charge in [-0.1, -0.05) is 19.6 Å². The van der Waals surface area contributed by atoms with E-state index in [1.54, 1.807) is 7.11 Å². The third kappa shape index (κ3) is 2.38. The lowest BCUT2D eigenvalue weighted by atomic mass is 10.1. The number of ether oxygens (including phenoxy) is 1. The third-order valence-corrected chi connectivity index (χ3v) is 6.63. The summed E-state index contributed by atoms with van der Waals surface area (Å²) in [6.45, 7) is 7.02. The molecule has 0 fully saturated rings. The first kappa shape index (κ1) is 15.7.